The van der Waals surface area contributed by atoms with Crippen LogP contribution in [-0.2, 0) is 11.8 Å². The van der Waals surface area contributed by atoms with Crippen LogP contribution in [0.5, 0.6) is 0 Å². The Labute approximate surface area is 140 Å². The summed E-state index contributed by atoms with van der Waals surface area (Å²) in [5, 5.41) is 7.64. The van der Waals surface area contributed by atoms with Crippen molar-refractivity contribution in [2.75, 3.05) is 19.0 Å². The summed E-state index contributed by atoms with van der Waals surface area (Å²) in [5.74, 6) is 1.39. The summed E-state index contributed by atoms with van der Waals surface area (Å²) in [6.45, 7) is 2.45. The molecule has 0 spiro atoms. The quantitative estimate of drug-likeness (QED) is 0.750. The van der Waals surface area contributed by atoms with Gasteiger partial charge in [0.15, 0.2) is 5.82 Å². The van der Waals surface area contributed by atoms with E-state index >= 15 is 0 Å². The molecule has 0 radical (unpaired) electrons. The van der Waals surface area contributed by atoms with Crippen LogP contribution in [0.25, 0.3) is 11.4 Å². The van der Waals surface area contributed by atoms with Gasteiger partial charge in [-0.05, 0) is 25.1 Å². The third kappa shape index (κ3) is 3.57. The van der Waals surface area contributed by atoms with E-state index in [2.05, 4.69) is 25.4 Å². The molecule has 0 aliphatic rings. The van der Waals surface area contributed by atoms with Gasteiger partial charge in [-0.15, -0.1) is 0 Å². The van der Waals surface area contributed by atoms with Crippen LogP contribution in [-0.4, -0.2) is 38.4 Å². The van der Waals surface area contributed by atoms with Crippen molar-refractivity contribution >= 4 is 5.82 Å². The minimum atomic E-state index is -0.0569. The van der Waals surface area contributed by atoms with Crippen molar-refractivity contribution in [3.8, 4) is 11.4 Å². The van der Waals surface area contributed by atoms with E-state index in [9.17, 15) is 0 Å². The molecule has 0 aliphatic carbocycles. The molecule has 1 atom stereocenters. The zero-order valence-corrected chi connectivity index (χ0v) is 14.0. The van der Waals surface area contributed by atoms with Crippen LogP contribution >= 0.6 is 0 Å². The second-order valence-electron chi connectivity index (χ2n) is 5.49. The summed E-state index contributed by atoms with van der Waals surface area (Å²) < 4.78 is 7.17. The van der Waals surface area contributed by atoms with E-state index in [1.54, 1.807) is 25.7 Å². The Hall–Kier alpha value is -2.80. The Morgan fingerprint density at radius 1 is 1.25 bits per heavy atom. The molecule has 3 heterocycles. The normalized spacial score (nSPS) is 12.1. The Balaban J connectivity index is 1.91. The molecule has 3 rings (SSSR count). The molecule has 1 N–H and O–H groups in total. The van der Waals surface area contributed by atoms with Crippen LogP contribution in [0.2, 0.25) is 0 Å². The third-order valence-electron chi connectivity index (χ3n) is 3.65. The molecule has 124 valence electrons. The van der Waals surface area contributed by atoms with Gasteiger partial charge in [-0.1, -0.05) is 0 Å². The lowest BCUT2D eigenvalue weighted by molar-refractivity contribution is 0.184. The highest BCUT2D eigenvalue weighted by molar-refractivity contribution is 5.56. The van der Waals surface area contributed by atoms with E-state index in [1.165, 1.54) is 0 Å². The molecule has 0 fully saturated rings. The molecule has 1 unspecified atom stereocenters. The number of hydrogen-bond donors (Lipinski definition) is 1. The smallest absolute Gasteiger partial charge is 0.163 e. The average Bonchev–Trinajstić information content (AvgIpc) is 3.01. The van der Waals surface area contributed by atoms with Gasteiger partial charge in [0.1, 0.15) is 5.82 Å². The predicted octanol–water partition coefficient (Wildman–Crippen LogP) is 2.38. The van der Waals surface area contributed by atoms with Crippen LogP contribution < -0.4 is 5.32 Å². The largest absolute Gasteiger partial charge is 0.382 e. The fourth-order valence-electron chi connectivity index (χ4n) is 2.54. The van der Waals surface area contributed by atoms with Crippen LogP contribution in [0.15, 0.2) is 42.9 Å². The highest BCUT2D eigenvalue weighted by Gasteiger charge is 2.16. The molecule has 0 amide bonds. The molecular formula is C17H20N6O. The monoisotopic (exact) mass is 324 g/mol. The van der Waals surface area contributed by atoms with Crippen molar-refractivity contribution in [1.82, 2.24) is 24.7 Å². The van der Waals surface area contributed by atoms with Crippen LogP contribution in [0.1, 0.15) is 17.4 Å². The lowest BCUT2D eigenvalue weighted by atomic mass is 10.2. The standard InChI is InChI=1S/C17H20N6O/c1-12-9-16(22-17(20-12)13-5-4-7-18-10-13)21-14(11-24-3)15-6-8-19-23(15)2/h4-10,14H,11H2,1-3H3,(H,20,21,22). The van der Waals surface area contributed by atoms with Crippen molar-refractivity contribution < 1.29 is 4.74 Å². The summed E-state index contributed by atoms with van der Waals surface area (Å²) in [5.41, 5.74) is 2.79. The molecule has 24 heavy (non-hydrogen) atoms. The van der Waals surface area contributed by atoms with Crippen LogP contribution in [0.3, 0.4) is 0 Å². The third-order valence-corrected chi connectivity index (χ3v) is 3.65. The molecule has 3 aromatic heterocycles. The van der Waals surface area contributed by atoms with Crippen molar-refractivity contribution in [1.29, 1.82) is 0 Å². The number of aryl methyl sites for hydroxylation is 2. The number of methoxy groups -OCH3 is 1. The highest BCUT2D eigenvalue weighted by Crippen LogP contribution is 2.21. The van der Waals surface area contributed by atoms with Gasteiger partial charge in [0, 0.05) is 50.1 Å². The fraction of sp³-hybridized carbons (Fsp3) is 0.294. The zero-order valence-electron chi connectivity index (χ0n) is 14.0. The van der Waals surface area contributed by atoms with Crippen molar-refractivity contribution in [3.63, 3.8) is 0 Å². The first-order valence-electron chi connectivity index (χ1n) is 7.67. The maximum Gasteiger partial charge on any atom is 0.163 e. The molecule has 0 saturated carbocycles. The Kier molecular flexibility index (Phi) is 4.81. The summed E-state index contributed by atoms with van der Waals surface area (Å²) >= 11 is 0. The first kappa shape index (κ1) is 16.1. The summed E-state index contributed by atoms with van der Waals surface area (Å²) in [6.07, 6.45) is 5.26. The maximum absolute atomic E-state index is 5.34. The Bertz CT molecular complexity index is 802. The van der Waals surface area contributed by atoms with E-state index in [4.69, 9.17) is 4.74 Å². The van der Waals surface area contributed by atoms with Gasteiger partial charge >= 0.3 is 0 Å². The lowest BCUT2D eigenvalue weighted by Crippen LogP contribution is -2.20. The van der Waals surface area contributed by atoms with Gasteiger partial charge in [0.25, 0.3) is 0 Å². The van der Waals surface area contributed by atoms with Crippen molar-refractivity contribution in [2.24, 2.45) is 7.05 Å². The molecular weight excluding hydrogens is 304 g/mol. The highest BCUT2D eigenvalue weighted by atomic mass is 16.5. The number of pyridine rings is 1. The van der Waals surface area contributed by atoms with E-state index in [-0.39, 0.29) is 6.04 Å². The van der Waals surface area contributed by atoms with E-state index in [1.807, 2.05) is 42.9 Å². The van der Waals surface area contributed by atoms with E-state index < -0.39 is 0 Å². The number of anilines is 1. The van der Waals surface area contributed by atoms with Crippen molar-refractivity contribution in [3.05, 3.63) is 54.2 Å². The SMILES string of the molecule is COCC(Nc1cc(C)nc(-c2cccnc2)n1)c1ccnn1C. The second-order valence-corrected chi connectivity index (χ2v) is 5.49. The molecule has 7 heteroatoms. The van der Waals surface area contributed by atoms with Crippen LogP contribution in [0, 0.1) is 6.92 Å². The number of nitrogens with zero attached hydrogens (tertiary/aromatic N) is 5. The van der Waals surface area contributed by atoms with E-state index in [0.29, 0.717) is 12.4 Å². The number of nitrogens with one attached hydrogen (secondary N) is 1. The van der Waals surface area contributed by atoms with Gasteiger partial charge < -0.3 is 10.1 Å². The summed E-state index contributed by atoms with van der Waals surface area (Å²) in [4.78, 5) is 13.2. The zero-order chi connectivity index (χ0) is 16.9. The summed E-state index contributed by atoms with van der Waals surface area (Å²) in [6, 6.07) is 7.64. The average molecular weight is 324 g/mol. The topological polar surface area (TPSA) is 77.8 Å². The van der Waals surface area contributed by atoms with Gasteiger partial charge in [0.2, 0.25) is 0 Å². The second kappa shape index (κ2) is 7.18. The first-order chi connectivity index (χ1) is 11.7. The van der Waals surface area contributed by atoms with E-state index in [0.717, 1.165) is 22.8 Å². The fourth-order valence-corrected chi connectivity index (χ4v) is 2.54. The van der Waals surface area contributed by atoms with Crippen molar-refractivity contribution in [2.45, 2.75) is 13.0 Å². The van der Waals surface area contributed by atoms with Gasteiger partial charge in [-0.25, -0.2) is 9.97 Å². The van der Waals surface area contributed by atoms with Gasteiger partial charge in [-0.2, -0.15) is 5.10 Å². The molecule has 0 aliphatic heterocycles. The molecule has 0 bridgehead atoms. The molecule has 0 saturated heterocycles. The first-order valence-corrected chi connectivity index (χ1v) is 7.67. The minimum Gasteiger partial charge on any atom is -0.382 e. The van der Waals surface area contributed by atoms with Crippen LogP contribution in [0.4, 0.5) is 5.82 Å². The lowest BCUT2D eigenvalue weighted by Gasteiger charge is -2.19. The Morgan fingerprint density at radius 3 is 2.79 bits per heavy atom. The number of ether oxygens (including phenoxy) is 1. The van der Waals surface area contributed by atoms with Gasteiger partial charge in [-0.3, -0.25) is 9.67 Å². The van der Waals surface area contributed by atoms with Gasteiger partial charge in [0.05, 0.1) is 18.3 Å². The Morgan fingerprint density at radius 2 is 2.12 bits per heavy atom. The molecule has 7 nitrogen and oxygen atoms in total. The number of rotatable bonds is 6. The number of aromatic nitrogens is 5. The predicted molar refractivity (Wildman–Crippen MR) is 91.4 cm³/mol. The summed E-state index contributed by atoms with van der Waals surface area (Å²) in [7, 11) is 3.59. The molecule has 3 aromatic rings. The minimum absolute atomic E-state index is 0.0569. The number of hydrogen-bond acceptors (Lipinski definition) is 6. The molecule has 0 aromatic carbocycles. The maximum atomic E-state index is 5.34.